The van der Waals surface area contributed by atoms with Gasteiger partial charge in [-0.15, -0.1) is 0 Å². The Morgan fingerprint density at radius 3 is 2.11 bits per heavy atom. The van der Waals surface area contributed by atoms with Crippen molar-refractivity contribution in [2.75, 3.05) is 24.5 Å². The number of methoxy groups -OCH3 is 1. The first kappa shape index (κ1) is 34.1. The summed E-state index contributed by atoms with van der Waals surface area (Å²) >= 11 is 19.0. The van der Waals surface area contributed by atoms with Gasteiger partial charge in [0.25, 0.3) is 10.0 Å². The van der Waals surface area contributed by atoms with E-state index in [0.29, 0.717) is 22.2 Å². The first-order valence-corrected chi connectivity index (χ1v) is 16.6. The molecular weight excluding hydrogens is 657 g/mol. The minimum Gasteiger partial charge on any atom is -0.495 e. The van der Waals surface area contributed by atoms with Crippen molar-refractivity contribution in [2.24, 2.45) is 0 Å². The van der Waals surface area contributed by atoms with Gasteiger partial charge in [0, 0.05) is 34.6 Å². The van der Waals surface area contributed by atoms with Crippen LogP contribution in [0.2, 0.25) is 15.1 Å². The number of hydrogen-bond donors (Lipinski definition) is 1. The summed E-state index contributed by atoms with van der Waals surface area (Å²) in [6.07, 6.45) is 0.162. The molecule has 0 unspecified atom stereocenters. The van der Waals surface area contributed by atoms with E-state index in [9.17, 15) is 18.0 Å². The second kappa shape index (κ2) is 15.5. The molecule has 0 fully saturated rings. The standard InChI is InChI=1S/C33H32Cl3N3O5S/c1-3-37-33(41)30(18-23-10-6-4-7-11-23)38(21-24-14-15-25(34)19-28(24)36)32(40)22-39(29-20-26(35)16-17-31(29)44-2)45(42,43)27-12-8-5-9-13-27/h4-17,19-20,30H,3,18,21-22H2,1-2H3,(H,37,41)/t30-/m0/s1. The summed E-state index contributed by atoms with van der Waals surface area (Å²) in [4.78, 5) is 29.4. The van der Waals surface area contributed by atoms with Crippen molar-refractivity contribution in [2.45, 2.75) is 30.8 Å². The number of sulfonamides is 1. The van der Waals surface area contributed by atoms with E-state index in [0.717, 1.165) is 9.87 Å². The highest BCUT2D eigenvalue weighted by molar-refractivity contribution is 7.92. The molecule has 8 nitrogen and oxygen atoms in total. The van der Waals surface area contributed by atoms with Crippen molar-refractivity contribution in [1.29, 1.82) is 0 Å². The number of rotatable bonds is 13. The Labute approximate surface area is 278 Å². The Kier molecular flexibility index (Phi) is 11.7. The molecule has 2 amide bonds. The van der Waals surface area contributed by atoms with Gasteiger partial charge >= 0.3 is 0 Å². The zero-order chi connectivity index (χ0) is 32.6. The van der Waals surface area contributed by atoms with E-state index in [1.807, 2.05) is 30.3 Å². The predicted octanol–water partition coefficient (Wildman–Crippen LogP) is 6.63. The molecule has 45 heavy (non-hydrogen) atoms. The van der Waals surface area contributed by atoms with Crippen molar-refractivity contribution in [1.82, 2.24) is 10.2 Å². The van der Waals surface area contributed by atoms with Gasteiger partial charge in [-0.3, -0.25) is 13.9 Å². The number of ether oxygens (including phenoxy) is 1. The van der Waals surface area contributed by atoms with Crippen LogP contribution in [0.3, 0.4) is 0 Å². The van der Waals surface area contributed by atoms with E-state index >= 15 is 0 Å². The Morgan fingerprint density at radius 2 is 1.49 bits per heavy atom. The summed E-state index contributed by atoms with van der Waals surface area (Å²) in [6, 6.07) is 25.3. The summed E-state index contributed by atoms with van der Waals surface area (Å²) in [6.45, 7) is 1.32. The fraction of sp³-hybridized carbons (Fsp3) is 0.212. The fourth-order valence-electron chi connectivity index (χ4n) is 4.77. The topological polar surface area (TPSA) is 96.0 Å². The van der Waals surface area contributed by atoms with Crippen molar-refractivity contribution in [3.8, 4) is 5.75 Å². The van der Waals surface area contributed by atoms with Crippen LogP contribution in [0.1, 0.15) is 18.1 Å². The molecule has 1 atom stereocenters. The molecule has 236 valence electrons. The molecule has 0 bridgehead atoms. The number of benzene rings is 4. The van der Waals surface area contributed by atoms with Gasteiger partial charge in [-0.25, -0.2) is 8.42 Å². The number of amides is 2. The summed E-state index contributed by atoms with van der Waals surface area (Å²) in [7, 11) is -2.94. The van der Waals surface area contributed by atoms with Crippen LogP contribution in [-0.4, -0.2) is 51.4 Å². The van der Waals surface area contributed by atoms with Crippen molar-refractivity contribution in [3.05, 3.63) is 123 Å². The highest BCUT2D eigenvalue weighted by atomic mass is 35.5. The van der Waals surface area contributed by atoms with E-state index in [-0.39, 0.29) is 34.3 Å². The van der Waals surface area contributed by atoms with E-state index in [4.69, 9.17) is 39.5 Å². The Morgan fingerprint density at radius 1 is 0.867 bits per heavy atom. The molecule has 1 N–H and O–H groups in total. The fourth-order valence-corrected chi connectivity index (χ4v) is 6.84. The largest absolute Gasteiger partial charge is 0.495 e. The SMILES string of the molecule is CCNC(=O)[C@H](Cc1ccccc1)N(Cc1ccc(Cl)cc1Cl)C(=O)CN(c1cc(Cl)ccc1OC)S(=O)(=O)c1ccccc1. The molecule has 4 aromatic rings. The second-order valence-electron chi connectivity index (χ2n) is 10.00. The molecule has 0 saturated carbocycles. The van der Waals surface area contributed by atoms with Gasteiger partial charge in [0.1, 0.15) is 18.3 Å². The van der Waals surface area contributed by atoms with Crippen LogP contribution < -0.4 is 14.4 Å². The molecule has 0 heterocycles. The maximum Gasteiger partial charge on any atom is 0.264 e. The number of nitrogens with one attached hydrogen (secondary N) is 1. The molecule has 0 saturated heterocycles. The van der Waals surface area contributed by atoms with Crippen LogP contribution >= 0.6 is 34.8 Å². The van der Waals surface area contributed by atoms with Gasteiger partial charge in [0.15, 0.2) is 0 Å². The predicted molar refractivity (Wildman–Crippen MR) is 179 cm³/mol. The number of carbonyl (C=O) groups excluding carboxylic acids is 2. The van der Waals surface area contributed by atoms with Gasteiger partial charge in [0.05, 0.1) is 17.7 Å². The molecule has 0 aliphatic rings. The Hall–Kier alpha value is -3.76. The lowest BCUT2D eigenvalue weighted by Crippen LogP contribution is -2.53. The number of halogens is 3. The highest BCUT2D eigenvalue weighted by Gasteiger charge is 2.35. The molecule has 0 aliphatic heterocycles. The maximum absolute atomic E-state index is 14.5. The molecule has 12 heteroatoms. The van der Waals surface area contributed by atoms with Gasteiger partial charge < -0.3 is 15.0 Å². The van der Waals surface area contributed by atoms with Gasteiger partial charge in [-0.2, -0.15) is 0 Å². The van der Waals surface area contributed by atoms with E-state index < -0.39 is 34.4 Å². The normalized spacial score (nSPS) is 11.8. The lowest BCUT2D eigenvalue weighted by molar-refractivity contribution is -0.140. The monoisotopic (exact) mass is 687 g/mol. The molecule has 0 radical (unpaired) electrons. The quantitative estimate of drug-likeness (QED) is 0.170. The summed E-state index contributed by atoms with van der Waals surface area (Å²) in [5.41, 5.74) is 1.39. The number of carbonyl (C=O) groups is 2. The summed E-state index contributed by atoms with van der Waals surface area (Å²) in [5.74, 6) is -0.879. The van der Waals surface area contributed by atoms with Crippen molar-refractivity contribution >= 4 is 62.3 Å². The van der Waals surface area contributed by atoms with Crippen molar-refractivity contribution < 1.29 is 22.7 Å². The van der Waals surface area contributed by atoms with Crippen molar-refractivity contribution in [3.63, 3.8) is 0 Å². The number of hydrogen-bond acceptors (Lipinski definition) is 5. The van der Waals surface area contributed by atoms with Crippen LogP contribution in [0.15, 0.2) is 102 Å². The maximum atomic E-state index is 14.5. The molecule has 4 aromatic carbocycles. The zero-order valence-corrected chi connectivity index (χ0v) is 27.7. The molecule has 4 rings (SSSR count). The van der Waals surface area contributed by atoms with Gasteiger partial charge in [0.2, 0.25) is 11.8 Å². The third-order valence-corrected chi connectivity index (χ3v) is 9.59. The average molecular weight is 689 g/mol. The van der Waals surface area contributed by atoms with E-state index in [1.165, 1.54) is 36.3 Å². The summed E-state index contributed by atoms with van der Waals surface area (Å²) in [5, 5.41) is 3.75. The molecular formula is C33H32Cl3N3O5S. The van der Waals surface area contributed by atoms with E-state index in [2.05, 4.69) is 5.32 Å². The zero-order valence-electron chi connectivity index (χ0n) is 24.6. The number of likely N-dealkylation sites (N-methyl/N-ethyl adjacent to an activating group) is 1. The summed E-state index contributed by atoms with van der Waals surface area (Å²) < 4.78 is 34.8. The van der Waals surface area contributed by atoms with Crippen LogP contribution in [0.4, 0.5) is 5.69 Å². The number of nitrogens with zero attached hydrogens (tertiary/aromatic N) is 2. The average Bonchev–Trinajstić information content (AvgIpc) is 3.03. The first-order chi connectivity index (χ1) is 21.5. The second-order valence-corrected chi connectivity index (χ2v) is 13.1. The molecule has 0 aliphatic carbocycles. The van der Waals surface area contributed by atoms with E-state index in [1.54, 1.807) is 49.4 Å². The Balaban J connectivity index is 1.86. The third-order valence-electron chi connectivity index (χ3n) is 7.00. The number of anilines is 1. The smallest absolute Gasteiger partial charge is 0.264 e. The first-order valence-electron chi connectivity index (χ1n) is 14.0. The molecule has 0 aromatic heterocycles. The lowest BCUT2D eigenvalue weighted by Gasteiger charge is -2.34. The minimum absolute atomic E-state index is 0.0447. The highest BCUT2D eigenvalue weighted by Crippen LogP contribution is 2.35. The van der Waals surface area contributed by atoms with Crippen LogP contribution in [-0.2, 0) is 32.6 Å². The Bertz CT molecular complexity index is 1740. The lowest BCUT2D eigenvalue weighted by atomic mass is 10.0. The van der Waals surface area contributed by atoms with Crippen LogP contribution in [0, 0.1) is 0 Å². The minimum atomic E-state index is -4.33. The van der Waals surface area contributed by atoms with Crippen LogP contribution in [0.25, 0.3) is 0 Å². The van der Waals surface area contributed by atoms with Gasteiger partial charge in [-0.1, -0.05) is 89.4 Å². The molecule has 0 spiro atoms. The van der Waals surface area contributed by atoms with Gasteiger partial charge in [-0.05, 0) is 60.5 Å². The van der Waals surface area contributed by atoms with Crippen LogP contribution in [0.5, 0.6) is 5.75 Å². The third kappa shape index (κ3) is 8.49.